The number of anilines is 3. The van der Waals surface area contributed by atoms with Crippen molar-refractivity contribution in [2.24, 2.45) is 0 Å². The molecule has 0 unspecified atom stereocenters. The standard InChI is InChI=1S/C24H19NO/c1-4-10-20(11-5-1)25(21-12-6-2-7-13-21)22-16-18-24(19-17-22)26-23-14-8-3-9-15-23/h1-19H/i4T. The molecule has 0 radical (unpaired) electrons. The molecule has 0 aromatic heterocycles. The second-order valence-corrected chi connectivity index (χ2v) is 5.84. The van der Waals surface area contributed by atoms with Gasteiger partial charge in [0.2, 0.25) is 0 Å². The first kappa shape index (κ1) is 14.8. The minimum atomic E-state index is 0.484. The quantitative estimate of drug-likeness (QED) is 0.390. The molecule has 0 aliphatic rings. The summed E-state index contributed by atoms with van der Waals surface area (Å²) in [5.41, 5.74) is 3.00. The molecule has 0 heterocycles. The molecule has 0 atom stereocenters. The number of nitrogens with zero attached hydrogens (tertiary/aromatic N) is 1. The highest BCUT2D eigenvalue weighted by atomic mass is 16.5. The Bertz CT molecular complexity index is 1000. The summed E-state index contributed by atoms with van der Waals surface area (Å²) in [4.78, 5) is 2.13. The lowest BCUT2D eigenvalue weighted by molar-refractivity contribution is 0.483. The first-order valence-corrected chi connectivity index (χ1v) is 8.54. The monoisotopic (exact) mass is 339 g/mol. The fraction of sp³-hybridized carbons (Fsp3) is 0. The van der Waals surface area contributed by atoms with Crippen LogP contribution in [0.3, 0.4) is 0 Å². The lowest BCUT2D eigenvalue weighted by Crippen LogP contribution is -2.09. The third-order valence-corrected chi connectivity index (χ3v) is 4.04. The fourth-order valence-electron chi connectivity index (χ4n) is 2.84. The second kappa shape index (κ2) is 7.58. The van der Waals surface area contributed by atoms with Crippen LogP contribution < -0.4 is 9.64 Å². The Kier molecular flexibility index (Phi) is 4.31. The van der Waals surface area contributed by atoms with Gasteiger partial charge in [-0.2, -0.15) is 0 Å². The summed E-state index contributed by atoms with van der Waals surface area (Å²) in [5, 5.41) is 0. The molecule has 26 heavy (non-hydrogen) atoms. The largest absolute Gasteiger partial charge is 0.457 e. The first-order chi connectivity index (χ1) is 13.3. The number of hydrogen-bond acceptors (Lipinski definition) is 2. The molecule has 4 aromatic rings. The normalized spacial score (nSPS) is 10.8. The van der Waals surface area contributed by atoms with Crippen molar-refractivity contribution >= 4 is 17.1 Å². The van der Waals surface area contributed by atoms with E-state index >= 15 is 0 Å². The molecule has 0 aliphatic heterocycles. The van der Waals surface area contributed by atoms with Crippen LogP contribution in [0.15, 0.2) is 115 Å². The van der Waals surface area contributed by atoms with Crippen LogP contribution in [-0.2, 0) is 0 Å². The Balaban J connectivity index is 1.68. The Labute approximate surface area is 155 Å². The van der Waals surface area contributed by atoms with Crippen LogP contribution in [0.4, 0.5) is 17.1 Å². The summed E-state index contributed by atoms with van der Waals surface area (Å²) in [5.74, 6) is 1.60. The van der Waals surface area contributed by atoms with Crippen molar-refractivity contribution in [3.8, 4) is 11.5 Å². The Hall–Kier alpha value is -3.52. The van der Waals surface area contributed by atoms with E-state index in [0.29, 0.717) is 6.04 Å². The number of benzene rings is 4. The van der Waals surface area contributed by atoms with Crippen molar-refractivity contribution in [2.75, 3.05) is 4.90 Å². The van der Waals surface area contributed by atoms with Gasteiger partial charge < -0.3 is 9.64 Å². The van der Waals surface area contributed by atoms with Gasteiger partial charge in [0.15, 0.2) is 0 Å². The highest BCUT2D eigenvalue weighted by molar-refractivity contribution is 5.76. The predicted octanol–water partition coefficient (Wildman–Crippen LogP) is 6.95. The molecule has 0 saturated carbocycles. The van der Waals surface area contributed by atoms with Gasteiger partial charge in [0.05, 0.1) is 1.37 Å². The Morgan fingerprint density at radius 3 is 1.65 bits per heavy atom. The number of para-hydroxylation sites is 3. The van der Waals surface area contributed by atoms with E-state index in [4.69, 9.17) is 6.11 Å². The van der Waals surface area contributed by atoms with E-state index in [-0.39, 0.29) is 0 Å². The fourth-order valence-corrected chi connectivity index (χ4v) is 2.84. The zero-order valence-electron chi connectivity index (χ0n) is 15.2. The molecular formula is C24H19NO. The van der Waals surface area contributed by atoms with Gasteiger partial charge in [-0.3, -0.25) is 0 Å². The SMILES string of the molecule is [3H]c1cccc(N(c2ccccc2)c2ccc(Oc3ccccc3)cc2)c1. The van der Waals surface area contributed by atoms with Gasteiger partial charge >= 0.3 is 0 Å². The Morgan fingerprint density at radius 1 is 0.500 bits per heavy atom. The summed E-state index contributed by atoms with van der Waals surface area (Å²) in [6.07, 6.45) is 0. The molecule has 4 aromatic carbocycles. The van der Waals surface area contributed by atoms with E-state index in [9.17, 15) is 0 Å². The van der Waals surface area contributed by atoms with Gasteiger partial charge in [-0.1, -0.05) is 54.6 Å². The molecule has 0 aliphatic carbocycles. The maximum Gasteiger partial charge on any atom is 0.127 e. The van der Waals surface area contributed by atoms with Crippen molar-refractivity contribution in [2.45, 2.75) is 0 Å². The van der Waals surface area contributed by atoms with Gasteiger partial charge in [0.25, 0.3) is 0 Å². The minimum absolute atomic E-state index is 0.484. The number of ether oxygens (including phenoxy) is 1. The van der Waals surface area contributed by atoms with Crippen LogP contribution in [0.25, 0.3) is 0 Å². The average Bonchev–Trinajstić information content (AvgIpc) is 2.71. The molecule has 126 valence electrons. The first-order valence-electron chi connectivity index (χ1n) is 9.04. The number of rotatable bonds is 5. The summed E-state index contributed by atoms with van der Waals surface area (Å²) < 4.78 is 13.9. The van der Waals surface area contributed by atoms with E-state index in [1.54, 1.807) is 6.07 Å². The zero-order chi connectivity index (χ0) is 18.5. The van der Waals surface area contributed by atoms with E-state index in [1.165, 1.54) is 0 Å². The van der Waals surface area contributed by atoms with E-state index in [0.717, 1.165) is 28.6 Å². The second-order valence-electron chi connectivity index (χ2n) is 5.84. The molecule has 0 fully saturated rings. The van der Waals surface area contributed by atoms with Crippen LogP contribution in [-0.4, -0.2) is 0 Å². The summed E-state index contributed by atoms with van der Waals surface area (Å²) in [6.45, 7) is 0. The van der Waals surface area contributed by atoms with Gasteiger partial charge in [-0.15, -0.1) is 0 Å². The lowest BCUT2D eigenvalue weighted by atomic mass is 10.2. The van der Waals surface area contributed by atoms with Crippen molar-refractivity contribution < 1.29 is 6.11 Å². The molecule has 0 N–H and O–H groups in total. The molecule has 0 amide bonds. The van der Waals surface area contributed by atoms with Gasteiger partial charge in [-0.05, 0) is 60.7 Å². The van der Waals surface area contributed by atoms with E-state index < -0.39 is 0 Å². The topological polar surface area (TPSA) is 12.5 Å². The van der Waals surface area contributed by atoms with Crippen LogP contribution in [0.2, 0.25) is 0 Å². The third kappa shape index (κ3) is 3.60. The molecule has 4 rings (SSSR count). The van der Waals surface area contributed by atoms with Crippen molar-refractivity contribution in [3.05, 3.63) is 115 Å². The van der Waals surface area contributed by atoms with Crippen molar-refractivity contribution in [1.82, 2.24) is 0 Å². The smallest absolute Gasteiger partial charge is 0.127 e. The molecule has 0 saturated heterocycles. The summed E-state index contributed by atoms with van der Waals surface area (Å²) >= 11 is 0. The van der Waals surface area contributed by atoms with Crippen LogP contribution in [0.5, 0.6) is 11.5 Å². The van der Waals surface area contributed by atoms with Crippen LogP contribution in [0.1, 0.15) is 1.37 Å². The molecule has 0 spiro atoms. The third-order valence-electron chi connectivity index (χ3n) is 4.04. The van der Waals surface area contributed by atoms with Gasteiger partial charge in [-0.25, -0.2) is 0 Å². The van der Waals surface area contributed by atoms with Crippen molar-refractivity contribution in [3.63, 3.8) is 0 Å². The zero-order valence-corrected chi connectivity index (χ0v) is 14.2. The minimum Gasteiger partial charge on any atom is -0.457 e. The number of hydrogen-bond donors (Lipinski definition) is 0. The molecule has 2 nitrogen and oxygen atoms in total. The average molecular weight is 339 g/mol. The van der Waals surface area contributed by atoms with Crippen LogP contribution >= 0.6 is 0 Å². The highest BCUT2D eigenvalue weighted by Gasteiger charge is 2.11. The predicted molar refractivity (Wildman–Crippen MR) is 108 cm³/mol. The summed E-state index contributed by atoms with van der Waals surface area (Å²) in [7, 11) is 0. The van der Waals surface area contributed by atoms with E-state index in [1.807, 2.05) is 91.0 Å². The Morgan fingerprint density at radius 2 is 1.00 bits per heavy atom. The highest BCUT2D eigenvalue weighted by Crippen LogP contribution is 2.35. The lowest BCUT2D eigenvalue weighted by Gasteiger charge is -2.25. The van der Waals surface area contributed by atoms with Gasteiger partial charge in [0, 0.05) is 17.1 Å². The molecule has 0 bridgehead atoms. The van der Waals surface area contributed by atoms with Crippen molar-refractivity contribution in [1.29, 1.82) is 0 Å². The molecular weight excluding hydrogens is 318 g/mol. The van der Waals surface area contributed by atoms with Gasteiger partial charge in [0.1, 0.15) is 11.5 Å². The molecule has 2 heteroatoms. The summed E-state index contributed by atoms with van der Waals surface area (Å²) in [6, 6.07) is 35.9. The maximum absolute atomic E-state index is 7.97. The van der Waals surface area contributed by atoms with E-state index in [2.05, 4.69) is 17.0 Å². The maximum atomic E-state index is 7.97. The van der Waals surface area contributed by atoms with Crippen LogP contribution in [0, 0.1) is 0 Å².